The standard InChI is InChI=1S/C32H38N4O3/c1-21-27(28(30(37)38)39-31(2,3)4)29(35-17-15-32(5,6)16-18-35)36-26(33-21)20-25(34-36)24-14-10-13-23(19-24)22-11-8-7-9-12-22/h7-14,19-20,28H,15-18H2,1-6H3,(H,37,38)/t28-/m0/s1. The highest BCUT2D eigenvalue weighted by Crippen LogP contribution is 2.39. The number of benzene rings is 2. The lowest BCUT2D eigenvalue weighted by molar-refractivity contribution is -0.160. The molecule has 0 aliphatic carbocycles. The molecule has 4 aromatic rings. The maximum Gasteiger partial charge on any atom is 0.337 e. The number of carboxylic acids is 1. The Morgan fingerprint density at radius 3 is 2.26 bits per heavy atom. The molecule has 7 heteroatoms. The fourth-order valence-electron chi connectivity index (χ4n) is 5.27. The van der Waals surface area contributed by atoms with Gasteiger partial charge in [-0.05, 0) is 63.1 Å². The molecule has 1 N–H and O–H groups in total. The van der Waals surface area contributed by atoms with Crippen LogP contribution in [-0.4, -0.2) is 44.4 Å². The smallest absolute Gasteiger partial charge is 0.337 e. The summed E-state index contributed by atoms with van der Waals surface area (Å²) in [5.41, 5.74) is 5.50. The highest BCUT2D eigenvalue weighted by molar-refractivity contribution is 5.79. The zero-order chi connectivity index (χ0) is 27.9. The molecular weight excluding hydrogens is 488 g/mol. The highest BCUT2D eigenvalue weighted by atomic mass is 16.5. The summed E-state index contributed by atoms with van der Waals surface area (Å²) in [4.78, 5) is 19.7. The fourth-order valence-corrected chi connectivity index (χ4v) is 5.27. The molecule has 7 nitrogen and oxygen atoms in total. The van der Waals surface area contributed by atoms with Crippen molar-refractivity contribution < 1.29 is 14.6 Å². The molecular formula is C32H38N4O3. The summed E-state index contributed by atoms with van der Waals surface area (Å²) in [7, 11) is 0. The summed E-state index contributed by atoms with van der Waals surface area (Å²) in [5.74, 6) is -0.272. The lowest BCUT2D eigenvalue weighted by Crippen LogP contribution is -2.40. The van der Waals surface area contributed by atoms with Gasteiger partial charge in [0.25, 0.3) is 0 Å². The highest BCUT2D eigenvalue weighted by Gasteiger charge is 2.36. The summed E-state index contributed by atoms with van der Waals surface area (Å²) in [6.45, 7) is 13.7. The molecule has 1 atom stereocenters. The van der Waals surface area contributed by atoms with E-state index in [0.717, 1.165) is 54.1 Å². The van der Waals surface area contributed by atoms with E-state index in [1.807, 2.05) is 68.6 Å². The zero-order valence-corrected chi connectivity index (χ0v) is 23.7. The van der Waals surface area contributed by atoms with Crippen molar-refractivity contribution in [2.75, 3.05) is 18.0 Å². The summed E-state index contributed by atoms with van der Waals surface area (Å²) < 4.78 is 7.96. The number of hydrogen-bond acceptors (Lipinski definition) is 5. The normalized spacial score (nSPS) is 16.4. The van der Waals surface area contributed by atoms with E-state index < -0.39 is 17.7 Å². The lowest BCUT2D eigenvalue weighted by Gasteiger charge is -2.39. The molecule has 5 rings (SSSR count). The molecule has 1 aliphatic rings. The molecule has 2 aromatic carbocycles. The number of hydrogen-bond donors (Lipinski definition) is 1. The zero-order valence-electron chi connectivity index (χ0n) is 23.7. The van der Waals surface area contributed by atoms with Crippen molar-refractivity contribution in [1.29, 1.82) is 0 Å². The van der Waals surface area contributed by atoms with Gasteiger partial charge in [-0.3, -0.25) is 0 Å². The number of anilines is 1. The maximum absolute atomic E-state index is 12.6. The number of aliphatic carboxylic acids is 1. The van der Waals surface area contributed by atoms with E-state index in [2.05, 4.69) is 43.0 Å². The van der Waals surface area contributed by atoms with Crippen molar-refractivity contribution in [1.82, 2.24) is 14.6 Å². The van der Waals surface area contributed by atoms with Gasteiger partial charge in [-0.1, -0.05) is 62.4 Å². The van der Waals surface area contributed by atoms with Crippen LogP contribution >= 0.6 is 0 Å². The number of aryl methyl sites for hydroxylation is 1. The average Bonchev–Trinajstić information content (AvgIpc) is 3.30. The largest absolute Gasteiger partial charge is 0.479 e. The lowest BCUT2D eigenvalue weighted by atomic mass is 9.82. The number of carbonyl (C=O) groups is 1. The summed E-state index contributed by atoms with van der Waals surface area (Å²) in [6, 6.07) is 20.6. The minimum Gasteiger partial charge on any atom is -0.479 e. The minimum absolute atomic E-state index is 0.235. The van der Waals surface area contributed by atoms with Crippen LogP contribution in [0.15, 0.2) is 60.7 Å². The van der Waals surface area contributed by atoms with Crippen molar-refractivity contribution in [3.8, 4) is 22.4 Å². The van der Waals surface area contributed by atoms with Crippen molar-refractivity contribution in [2.24, 2.45) is 5.41 Å². The SMILES string of the molecule is Cc1nc2cc(-c3cccc(-c4ccccc4)c3)nn2c(N2CCC(C)(C)CC2)c1[C@H](OC(C)(C)C)C(=O)O. The Hall–Kier alpha value is -3.71. The molecule has 1 saturated heterocycles. The number of aromatic nitrogens is 3. The minimum atomic E-state index is -1.17. The van der Waals surface area contributed by atoms with Crippen molar-refractivity contribution in [3.63, 3.8) is 0 Å². The second kappa shape index (κ2) is 10.1. The Bertz CT molecular complexity index is 1490. The van der Waals surface area contributed by atoms with Crippen LogP contribution in [0.3, 0.4) is 0 Å². The molecule has 0 unspecified atom stereocenters. The first-order valence-electron chi connectivity index (χ1n) is 13.6. The van der Waals surface area contributed by atoms with E-state index in [9.17, 15) is 9.90 Å². The fraction of sp³-hybridized carbons (Fsp3) is 0.406. The molecule has 0 radical (unpaired) electrons. The predicted octanol–water partition coefficient (Wildman–Crippen LogP) is 6.94. The molecule has 0 saturated carbocycles. The van der Waals surface area contributed by atoms with Crippen LogP contribution in [0.2, 0.25) is 0 Å². The Morgan fingerprint density at radius 2 is 1.62 bits per heavy atom. The van der Waals surface area contributed by atoms with Gasteiger partial charge in [-0.15, -0.1) is 0 Å². The maximum atomic E-state index is 12.6. The molecule has 0 bridgehead atoms. The van der Waals surface area contributed by atoms with Crippen molar-refractivity contribution >= 4 is 17.4 Å². The van der Waals surface area contributed by atoms with Gasteiger partial charge < -0.3 is 14.7 Å². The average molecular weight is 527 g/mol. The van der Waals surface area contributed by atoms with E-state index in [4.69, 9.17) is 14.8 Å². The molecule has 1 aliphatic heterocycles. The third-order valence-corrected chi connectivity index (χ3v) is 7.44. The van der Waals surface area contributed by atoms with Gasteiger partial charge in [-0.2, -0.15) is 9.61 Å². The van der Waals surface area contributed by atoms with Gasteiger partial charge in [0.15, 0.2) is 11.8 Å². The third-order valence-electron chi connectivity index (χ3n) is 7.44. The predicted molar refractivity (Wildman–Crippen MR) is 155 cm³/mol. The van der Waals surface area contributed by atoms with Gasteiger partial charge in [0.05, 0.1) is 16.9 Å². The number of ether oxygens (including phenoxy) is 1. The van der Waals surface area contributed by atoms with Gasteiger partial charge >= 0.3 is 5.97 Å². The Morgan fingerprint density at radius 1 is 0.974 bits per heavy atom. The van der Waals surface area contributed by atoms with Gasteiger partial charge in [0.2, 0.25) is 0 Å². The third kappa shape index (κ3) is 5.69. The van der Waals surface area contributed by atoms with Gasteiger partial charge in [-0.25, -0.2) is 9.78 Å². The van der Waals surface area contributed by atoms with Crippen LogP contribution in [0.4, 0.5) is 5.82 Å². The van der Waals surface area contributed by atoms with Crippen LogP contribution in [-0.2, 0) is 9.53 Å². The van der Waals surface area contributed by atoms with Gasteiger partial charge in [0.1, 0.15) is 5.82 Å². The monoisotopic (exact) mass is 526 g/mol. The van der Waals surface area contributed by atoms with E-state index in [0.29, 0.717) is 16.9 Å². The molecule has 0 amide bonds. The topological polar surface area (TPSA) is 80.0 Å². The Kier molecular flexibility index (Phi) is 6.97. The first kappa shape index (κ1) is 26.9. The molecule has 3 heterocycles. The first-order chi connectivity index (χ1) is 18.4. The van der Waals surface area contributed by atoms with Crippen LogP contribution in [0, 0.1) is 12.3 Å². The number of fused-ring (bicyclic) bond motifs is 1. The summed E-state index contributed by atoms with van der Waals surface area (Å²) >= 11 is 0. The van der Waals surface area contributed by atoms with Gasteiger partial charge in [0, 0.05) is 30.4 Å². The molecule has 204 valence electrons. The number of nitrogens with zero attached hydrogens (tertiary/aromatic N) is 4. The molecule has 2 aromatic heterocycles. The first-order valence-corrected chi connectivity index (χ1v) is 13.6. The quantitative estimate of drug-likeness (QED) is 0.293. The Labute approximate surface area is 230 Å². The van der Waals surface area contributed by atoms with Crippen LogP contribution in [0.5, 0.6) is 0 Å². The second-order valence-corrected chi connectivity index (χ2v) is 12.3. The number of piperidine rings is 1. The summed E-state index contributed by atoms with van der Waals surface area (Å²) in [6.07, 6.45) is 0.835. The van der Waals surface area contributed by atoms with E-state index in [-0.39, 0.29) is 5.41 Å². The summed E-state index contributed by atoms with van der Waals surface area (Å²) in [5, 5.41) is 15.3. The second-order valence-electron chi connectivity index (χ2n) is 12.3. The van der Waals surface area contributed by atoms with Crippen LogP contribution < -0.4 is 4.90 Å². The molecule has 0 spiro atoms. The van der Waals surface area contributed by atoms with E-state index >= 15 is 0 Å². The van der Waals surface area contributed by atoms with Crippen molar-refractivity contribution in [3.05, 3.63) is 71.9 Å². The van der Waals surface area contributed by atoms with E-state index in [1.165, 1.54) is 0 Å². The Balaban J connectivity index is 1.68. The van der Waals surface area contributed by atoms with Crippen LogP contribution in [0.25, 0.3) is 28.0 Å². The van der Waals surface area contributed by atoms with E-state index in [1.54, 1.807) is 0 Å². The van der Waals surface area contributed by atoms with Crippen molar-refractivity contribution in [2.45, 2.75) is 66.1 Å². The number of rotatable bonds is 6. The molecule has 1 fully saturated rings. The number of carboxylic acid groups (broad SMARTS) is 1. The molecule has 39 heavy (non-hydrogen) atoms. The van der Waals surface area contributed by atoms with Crippen LogP contribution in [0.1, 0.15) is 64.8 Å².